The van der Waals surface area contributed by atoms with Crippen LogP contribution in [0.5, 0.6) is 0 Å². The first-order valence-corrected chi connectivity index (χ1v) is 4.46. The van der Waals surface area contributed by atoms with Crippen LogP contribution < -0.4 is 5.46 Å². The highest BCUT2D eigenvalue weighted by Crippen LogP contribution is 2.21. The highest BCUT2D eigenvalue weighted by atomic mass is 16.2. The van der Waals surface area contributed by atoms with E-state index in [-0.39, 0.29) is 11.8 Å². The number of carbonyl (C=O) groups excluding carboxylic acids is 2. The number of aryl methyl sites for hydroxylation is 1. The van der Waals surface area contributed by atoms with E-state index in [2.05, 4.69) is 0 Å². The van der Waals surface area contributed by atoms with Crippen LogP contribution in [0.25, 0.3) is 0 Å². The number of rotatable bonds is 0. The van der Waals surface area contributed by atoms with Crippen molar-refractivity contribution in [1.29, 1.82) is 0 Å². The van der Waals surface area contributed by atoms with Gasteiger partial charge in [-0.1, -0.05) is 17.1 Å². The van der Waals surface area contributed by atoms with Crippen molar-refractivity contribution in [3.05, 3.63) is 28.8 Å². The van der Waals surface area contributed by atoms with Crippen molar-refractivity contribution in [3.63, 3.8) is 0 Å². The Labute approximate surface area is 83.1 Å². The highest BCUT2D eigenvalue weighted by Gasteiger charge is 2.32. The van der Waals surface area contributed by atoms with Crippen LogP contribution in [0.4, 0.5) is 0 Å². The maximum Gasteiger partial charge on any atom is 0.261 e. The zero-order valence-corrected chi connectivity index (χ0v) is 8.42. The molecule has 0 spiro atoms. The lowest BCUT2D eigenvalue weighted by molar-refractivity contribution is 0.0693. The topological polar surface area (TPSA) is 37.4 Å². The average Bonchev–Trinajstić information content (AvgIpc) is 2.34. The average molecular weight is 187 g/mol. The molecular weight excluding hydrogens is 177 g/mol. The van der Waals surface area contributed by atoms with Crippen LogP contribution in [-0.2, 0) is 0 Å². The molecule has 1 aliphatic rings. The Kier molecular flexibility index (Phi) is 1.74. The summed E-state index contributed by atoms with van der Waals surface area (Å²) in [4.78, 5) is 24.3. The molecule has 0 unspecified atom stereocenters. The lowest BCUT2D eigenvalue weighted by Gasteiger charge is -2.02. The molecule has 70 valence electrons. The third-order valence-corrected chi connectivity index (χ3v) is 2.70. The summed E-state index contributed by atoms with van der Waals surface area (Å²) >= 11 is 0. The van der Waals surface area contributed by atoms with Crippen LogP contribution in [0.15, 0.2) is 12.1 Å². The molecule has 1 heterocycles. The van der Waals surface area contributed by atoms with E-state index in [9.17, 15) is 9.59 Å². The minimum Gasteiger partial charge on any atom is -0.277 e. The first kappa shape index (κ1) is 9.00. The van der Waals surface area contributed by atoms with Gasteiger partial charge in [0.25, 0.3) is 11.8 Å². The molecule has 1 aromatic carbocycles. The van der Waals surface area contributed by atoms with Crippen molar-refractivity contribution >= 4 is 25.1 Å². The summed E-state index contributed by atoms with van der Waals surface area (Å²) in [5, 5.41) is 0. The molecule has 14 heavy (non-hydrogen) atoms. The Morgan fingerprint density at radius 2 is 1.64 bits per heavy atom. The molecule has 3 nitrogen and oxygen atoms in total. The smallest absolute Gasteiger partial charge is 0.261 e. The summed E-state index contributed by atoms with van der Waals surface area (Å²) < 4.78 is 0. The number of hydrogen-bond donors (Lipinski definition) is 0. The molecule has 1 aromatic rings. The summed E-state index contributed by atoms with van der Waals surface area (Å²) in [6, 6.07) is 3.57. The van der Waals surface area contributed by atoms with Gasteiger partial charge in [0, 0.05) is 7.05 Å². The molecule has 0 aliphatic carbocycles. The molecule has 0 aromatic heterocycles. The van der Waals surface area contributed by atoms with E-state index in [1.165, 1.54) is 7.05 Å². The second kappa shape index (κ2) is 2.70. The maximum atomic E-state index is 11.6. The predicted octanol–water partition coefficient (Wildman–Crippen LogP) is -0.521. The minimum absolute atomic E-state index is 0.201. The van der Waals surface area contributed by atoms with Gasteiger partial charge in [0.15, 0.2) is 0 Å². The van der Waals surface area contributed by atoms with Gasteiger partial charge in [-0.3, -0.25) is 14.5 Å². The van der Waals surface area contributed by atoms with E-state index in [4.69, 9.17) is 0 Å². The first-order chi connectivity index (χ1) is 6.52. The molecule has 0 radical (unpaired) electrons. The Bertz CT molecular complexity index is 413. The molecule has 2 amide bonds. The standard InChI is InChI=1S/C10H10BNO2/c1-5-3-6-7(4-8(5)11)10(14)12(2)9(6)13/h3-4H,11H2,1-2H3. The van der Waals surface area contributed by atoms with E-state index in [0.29, 0.717) is 11.1 Å². The molecule has 2 rings (SSSR count). The number of benzene rings is 1. The van der Waals surface area contributed by atoms with Crippen molar-refractivity contribution in [2.24, 2.45) is 0 Å². The van der Waals surface area contributed by atoms with Crippen molar-refractivity contribution in [3.8, 4) is 0 Å². The van der Waals surface area contributed by atoms with Crippen molar-refractivity contribution in [2.75, 3.05) is 7.05 Å². The number of fused-ring (bicyclic) bond motifs is 1. The molecular formula is C10H10BNO2. The van der Waals surface area contributed by atoms with Crippen molar-refractivity contribution in [2.45, 2.75) is 6.92 Å². The van der Waals surface area contributed by atoms with Crippen LogP contribution in [-0.4, -0.2) is 31.6 Å². The number of amides is 2. The van der Waals surface area contributed by atoms with E-state index < -0.39 is 0 Å². The summed E-state index contributed by atoms with van der Waals surface area (Å²) in [5.41, 5.74) is 3.14. The Hall–Kier alpha value is -1.58. The van der Waals surface area contributed by atoms with Gasteiger partial charge in [0.2, 0.25) is 0 Å². The van der Waals surface area contributed by atoms with E-state index >= 15 is 0 Å². The molecule has 4 heteroatoms. The largest absolute Gasteiger partial charge is 0.277 e. The minimum atomic E-state index is -0.201. The van der Waals surface area contributed by atoms with Crippen molar-refractivity contribution in [1.82, 2.24) is 4.90 Å². The zero-order valence-electron chi connectivity index (χ0n) is 8.42. The molecule has 0 N–H and O–H groups in total. The highest BCUT2D eigenvalue weighted by molar-refractivity contribution is 6.35. The second-order valence-corrected chi connectivity index (χ2v) is 3.65. The van der Waals surface area contributed by atoms with E-state index in [1.807, 2.05) is 14.8 Å². The summed E-state index contributed by atoms with van der Waals surface area (Å²) in [7, 11) is 3.45. The molecule has 0 bridgehead atoms. The maximum absolute atomic E-state index is 11.6. The van der Waals surface area contributed by atoms with Crippen LogP contribution in [0.3, 0.4) is 0 Å². The number of nitrogens with zero attached hydrogens (tertiary/aromatic N) is 1. The summed E-state index contributed by atoms with van der Waals surface area (Å²) in [5.74, 6) is -0.402. The fourth-order valence-electron chi connectivity index (χ4n) is 1.62. The van der Waals surface area contributed by atoms with Gasteiger partial charge in [-0.2, -0.15) is 0 Å². The van der Waals surface area contributed by atoms with Gasteiger partial charge < -0.3 is 0 Å². The second-order valence-electron chi connectivity index (χ2n) is 3.65. The van der Waals surface area contributed by atoms with Crippen LogP contribution in [0.2, 0.25) is 0 Å². The van der Waals surface area contributed by atoms with E-state index in [1.54, 1.807) is 12.1 Å². The Morgan fingerprint density at radius 3 is 2.21 bits per heavy atom. The third kappa shape index (κ3) is 1.00. The van der Waals surface area contributed by atoms with Gasteiger partial charge in [-0.15, -0.1) is 0 Å². The fourth-order valence-corrected chi connectivity index (χ4v) is 1.62. The SMILES string of the molecule is Bc1cc2c(cc1C)C(=O)N(C)C2=O. The number of imide groups is 1. The van der Waals surface area contributed by atoms with E-state index in [0.717, 1.165) is 15.9 Å². The molecule has 0 atom stereocenters. The van der Waals surface area contributed by atoms with Gasteiger partial charge in [-0.25, -0.2) is 0 Å². The monoisotopic (exact) mass is 187 g/mol. The van der Waals surface area contributed by atoms with Crippen LogP contribution in [0.1, 0.15) is 26.3 Å². The predicted molar refractivity (Wildman–Crippen MR) is 55.8 cm³/mol. The quantitative estimate of drug-likeness (QED) is 0.404. The Balaban J connectivity index is 2.71. The van der Waals surface area contributed by atoms with Gasteiger partial charge in [-0.05, 0) is 13.0 Å². The molecule has 0 saturated carbocycles. The van der Waals surface area contributed by atoms with Gasteiger partial charge >= 0.3 is 0 Å². The summed E-state index contributed by atoms with van der Waals surface area (Å²) in [6.07, 6.45) is 0. The van der Waals surface area contributed by atoms with Crippen LogP contribution >= 0.6 is 0 Å². The lowest BCUT2D eigenvalue weighted by Crippen LogP contribution is -2.24. The molecule has 0 saturated heterocycles. The third-order valence-electron chi connectivity index (χ3n) is 2.70. The number of carbonyl (C=O) groups is 2. The van der Waals surface area contributed by atoms with Crippen LogP contribution in [0, 0.1) is 6.92 Å². The summed E-state index contributed by atoms with van der Waals surface area (Å²) in [6.45, 7) is 1.94. The molecule has 0 fully saturated rings. The van der Waals surface area contributed by atoms with Gasteiger partial charge in [0.05, 0.1) is 11.1 Å². The first-order valence-electron chi connectivity index (χ1n) is 4.46. The normalized spacial score (nSPS) is 14.9. The lowest BCUT2D eigenvalue weighted by atomic mass is 9.88. The van der Waals surface area contributed by atoms with Gasteiger partial charge in [0.1, 0.15) is 7.85 Å². The zero-order chi connectivity index (χ0) is 10.5. The molecule has 1 aliphatic heterocycles. The number of hydrogen-bond acceptors (Lipinski definition) is 2. The fraction of sp³-hybridized carbons (Fsp3) is 0.200. The van der Waals surface area contributed by atoms with Crippen molar-refractivity contribution < 1.29 is 9.59 Å². The Morgan fingerprint density at radius 1 is 1.14 bits per heavy atom.